The van der Waals surface area contributed by atoms with Gasteiger partial charge in [0.1, 0.15) is 5.52 Å². The van der Waals surface area contributed by atoms with Crippen LogP contribution in [0.5, 0.6) is 0 Å². The highest BCUT2D eigenvalue weighted by Crippen LogP contribution is 2.38. The predicted octanol–water partition coefficient (Wildman–Crippen LogP) is 4.99. The predicted molar refractivity (Wildman–Crippen MR) is 137 cm³/mol. The third kappa shape index (κ3) is 5.17. The number of carbonyl (C=O) groups is 1. The standard InChI is InChI=1S/C24H29Cl2N7O2/c1-13-10-18(26)19(11-17(13)25)30-24-31-20-12-28-23(29-15-6-8-35-9-7-15)32-22(20)33(24)16-4-2-14(3-5-16)21(27)34/h10-12,14-16H,2-9H2,1H3,(H2,27,34)(H,30,31)(H,28,29,32)/t14-,16+. The Kier molecular flexibility index (Phi) is 7.00. The van der Waals surface area contributed by atoms with E-state index >= 15 is 0 Å². The van der Waals surface area contributed by atoms with Crippen molar-refractivity contribution < 1.29 is 9.53 Å². The van der Waals surface area contributed by atoms with Crippen molar-refractivity contribution in [1.82, 2.24) is 19.5 Å². The Bertz CT molecular complexity index is 1230. The molecule has 1 saturated carbocycles. The van der Waals surface area contributed by atoms with Gasteiger partial charge in [-0.3, -0.25) is 9.36 Å². The maximum absolute atomic E-state index is 11.7. The fourth-order valence-corrected chi connectivity index (χ4v) is 5.33. The number of aromatic nitrogens is 4. The molecule has 186 valence electrons. The molecule has 0 radical (unpaired) electrons. The Balaban J connectivity index is 1.51. The average molecular weight is 518 g/mol. The molecule has 1 amide bonds. The molecule has 3 aromatic rings. The molecule has 2 fully saturated rings. The molecule has 9 nitrogen and oxygen atoms in total. The molecule has 1 aliphatic heterocycles. The van der Waals surface area contributed by atoms with E-state index < -0.39 is 0 Å². The lowest BCUT2D eigenvalue weighted by atomic mass is 9.85. The lowest BCUT2D eigenvalue weighted by molar-refractivity contribution is -0.122. The van der Waals surface area contributed by atoms with E-state index in [4.69, 9.17) is 43.6 Å². The smallest absolute Gasteiger partial charge is 0.224 e. The molecule has 2 aromatic heterocycles. The summed E-state index contributed by atoms with van der Waals surface area (Å²) in [7, 11) is 0. The van der Waals surface area contributed by atoms with E-state index in [0.717, 1.165) is 62.9 Å². The zero-order chi connectivity index (χ0) is 24.5. The Labute approximate surface area is 213 Å². The van der Waals surface area contributed by atoms with Crippen LogP contribution in [-0.2, 0) is 9.53 Å². The summed E-state index contributed by atoms with van der Waals surface area (Å²) < 4.78 is 7.57. The minimum Gasteiger partial charge on any atom is -0.381 e. The van der Waals surface area contributed by atoms with Gasteiger partial charge >= 0.3 is 0 Å². The van der Waals surface area contributed by atoms with Gasteiger partial charge in [0.25, 0.3) is 0 Å². The number of amides is 1. The van der Waals surface area contributed by atoms with Crippen LogP contribution in [0.4, 0.5) is 17.6 Å². The van der Waals surface area contributed by atoms with E-state index in [0.29, 0.717) is 33.1 Å². The van der Waals surface area contributed by atoms with Crippen LogP contribution in [0.15, 0.2) is 18.3 Å². The Hall–Kier alpha value is -2.62. The minimum absolute atomic E-state index is 0.0943. The molecule has 1 aromatic carbocycles. The van der Waals surface area contributed by atoms with Gasteiger partial charge in [0.2, 0.25) is 17.8 Å². The topological polar surface area (TPSA) is 120 Å². The van der Waals surface area contributed by atoms with Gasteiger partial charge < -0.3 is 21.1 Å². The van der Waals surface area contributed by atoms with Gasteiger partial charge in [0, 0.05) is 36.2 Å². The number of benzene rings is 1. The molecule has 4 N–H and O–H groups in total. The number of hydrogen-bond acceptors (Lipinski definition) is 7. The number of halogens is 2. The van der Waals surface area contributed by atoms with Gasteiger partial charge in [0.05, 0.1) is 16.9 Å². The number of hydrogen-bond donors (Lipinski definition) is 3. The minimum atomic E-state index is -0.233. The van der Waals surface area contributed by atoms with Gasteiger partial charge in [0.15, 0.2) is 5.65 Å². The second-order valence-electron chi connectivity index (χ2n) is 9.35. The van der Waals surface area contributed by atoms with Crippen LogP contribution in [0.25, 0.3) is 11.2 Å². The van der Waals surface area contributed by atoms with Crippen LogP contribution in [0.1, 0.15) is 50.1 Å². The first kappa shape index (κ1) is 24.1. The highest BCUT2D eigenvalue weighted by Gasteiger charge is 2.29. The van der Waals surface area contributed by atoms with Crippen LogP contribution in [0.2, 0.25) is 10.0 Å². The molecule has 3 heterocycles. The maximum Gasteiger partial charge on any atom is 0.224 e. The highest BCUT2D eigenvalue weighted by molar-refractivity contribution is 6.35. The summed E-state index contributed by atoms with van der Waals surface area (Å²) in [6.45, 7) is 3.37. The third-order valence-electron chi connectivity index (χ3n) is 6.95. The molecule has 1 aliphatic carbocycles. The molecular weight excluding hydrogens is 489 g/mol. The number of nitrogens with two attached hydrogens (primary N) is 1. The van der Waals surface area contributed by atoms with E-state index in [1.54, 1.807) is 12.3 Å². The molecule has 2 aliphatic rings. The fraction of sp³-hybridized carbons (Fsp3) is 0.500. The van der Waals surface area contributed by atoms with Crippen LogP contribution < -0.4 is 16.4 Å². The molecule has 0 unspecified atom stereocenters. The molecule has 35 heavy (non-hydrogen) atoms. The zero-order valence-corrected chi connectivity index (χ0v) is 21.1. The number of nitrogens with one attached hydrogen (secondary N) is 2. The first-order valence-electron chi connectivity index (χ1n) is 12.0. The monoisotopic (exact) mass is 517 g/mol. The van der Waals surface area contributed by atoms with Crippen molar-refractivity contribution in [1.29, 1.82) is 0 Å². The number of aryl methyl sites for hydroxylation is 1. The number of carbonyl (C=O) groups excluding carboxylic acids is 1. The summed E-state index contributed by atoms with van der Waals surface area (Å²) in [6.07, 6.45) is 6.62. The normalized spacial score (nSPS) is 21.2. The summed E-state index contributed by atoms with van der Waals surface area (Å²) >= 11 is 12.9. The lowest BCUT2D eigenvalue weighted by Gasteiger charge is -2.29. The molecule has 11 heteroatoms. The van der Waals surface area contributed by atoms with Crippen LogP contribution in [0, 0.1) is 12.8 Å². The van der Waals surface area contributed by atoms with Gasteiger partial charge in [-0.2, -0.15) is 4.98 Å². The van der Waals surface area contributed by atoms with Crippen molar-refractivity contribution >= 4 is 57.9 Å². The highest BCUT2D eigenvalue weighted by atomic mass is 35.5. The van der Waals surface area contributed by atoms with Crippen molar-refractivity contribution in [2.45, 2.75) is 57.5 Å². The molecule has 0 bridgehead atoms. The van der Waals surface area contributed by atoms with Crippen molar-refractivity contribution in [3.63, 3.8) is 0 Å². The number of nitrogens with zero attached hydrogens (tertiary/aromatic N) is 4. The average Bonchev–Trinajstić information content (AvgIpc) is 3.20. The molecule has 0 atom stereocenters. The SMILES string of the molecule is Cc1cc(Cl)c(Nc2nc3cnc(NC4CCOCC4)nc3n2[C@H]2CC[C@@H](C(N)=O)CC2)cc1Cl. The van der Waals surface area contributed by atoms with Gasteiger partial charge in [-0.25, -0.2) is 9.97 Å². The molecular formula is C24H29Cl2N7O2. The Morgan fingerprint density at radius 1 is 1.09 bits per heavy atom. The Morgan fingerprint density at radius 3 is 2.54 bits per heavy atom. The largest absolute Gasteiger partial charge is 0.381 e. The van der Waals surface area contributed by atoms with Crippen molar-refractivity contribution in [2.75, 3.05) is 23.8 Å². The van der Waals surface area contributed by atoms with Gasteiger partial charge in [-0.15, -0.1) is 0 Å². The lowest BCUT2D eigenvalue weighted by Crippen LogP contribution is -2.29. The molecule has 0 spiro atoms. The van der Waals surface area contributed by atoms with E-state index in [9.17, 15) is 4.79 Å². The zero-order valence-electron chi connectivity index (χ0n) is 19.6. The number of primary amides is 1. The number of fused-ring (bicyclic) bond motifs is 1. The first-order valence-corrected chi connectivity index (χ1v) is 12.8. The number of anilines is 3. The summed E-state index contributed by atoms with van der Waals surface area (Å²) in [4.78, 5) is 25.9. The summed E-state index contributed by atoms with van der Waals surface area (Å²) in [6, 6.07) is 4.00. The van der Waals surface area contributed by atoms with Gasteiger partial charge in [-0.05, 0) is 63.1 Å². The third-order valence-corrected chi connectivity index (χ3v) is 7.67. The maximum atomic E-state index is 11.7. The summed E-state index contributed by atoms with van der Waals surface area (Å²) in [5.74, 6) is 0.855. The van der Waals surface area contributed by atoms with Gasteiger partial charge in [-0.1, -0.05) is 23.2 Å². The quantitative estimate of drug-likeness (QED) is 0.420. The fourth-order valence-electron chi connectivity index (χ4n) is 4.90. The second kappa shape index (κ2) is 10.2. The van der Waals surface area contributed by atoms with Crippen molar-refractivity contribution in [2.24, 2.45) is 11.7 Å². The van der Waals surface area contributed by atoms with Crippen LogP contribution >= 0.6 is 23.2 Å². The Morgan fingerprint density at radius 2 is 1.83 bits per heavy atom. The van der Waals surface area contributed by atoms with E-state index in [1.807, 2.05) is 13.0 Å². The second-order valence-corrected chi connectivity index (χ2v) is 10.2. The van der Waals surface area contributed by atoms with E-state index in [2.05, 4.69) is 20.2 Å². The number of rotatable bonds is 6. The van der Waals surface area contributed by atoms with Crippen LogP contribution in [0.3, 0.4) is 0 Å². The first-order chi connectivity index (χ1) is 16.9. The summed E-state index contributed by atoms with van der Waals surface area (Å²) in [5, 5.41) is 7.98. The van der Waals surface area contributed by atoms with Crippen molar-refractivity contribution in [3.8, 4) is 0 Å². The molecule has 1 saturated heterocycles. The number of imidazole rings is 1. The number of ether oxygens (including phenoxy) is 1. The molecule has 5 rings (SSSR count). The van der Waals surface area contributed by atoms with Crippen molar-refractivity contribution in [3.05, 3.63) is 33.9 Å². The van der Waals surface area contributed by atoms with E-state index in [1.165, 1.54) is 0 Å². The van der Waals surface area contributed by atoms with Crippen LogP contribution in [-0.4, -0.2) is 44.7 Å². The summed E-state index contributed by atoms with van der Waals surface area (Å²) in [5.41, 5.74) is 8.54. The van der Waals surface area contributed by atoms with E-state index in [-0.39, 0.29) is 23.9 Å².